The zero-order valence-electron chi connectivity index (χ0n) is 40.5. The molecule has 0 radical (unpaired) electrons. The van der Waals surface area contributed by atoms with Crippen LogP contribution in [0.3, 0.4) is 0 Å². The number of quaternary nitrogens is 1. The number of hydrogen-bond donors (Lipinski definition) is 1. The van der Waals surface area contributed by atoms with Crippen molar-refractivity contribution in [1.29, 1.82) is 0 Å². The molecule has 0 amide bonds. The molecule has 10 heteroatoms. The zero-order valence-corrected chi connectivity index (χ0v) is 41.4. The van der Waals surface area contributed by atoms with Gasteiger partial charge in [0, 0.05) is 12.8 Å². The Morgan fingerprint density at radius 3 is 1.07 bits per heavy atom. The van der Waals surface area contributed by atoms with Crippen molar-refractivity contribution in [3.63, 3.8) is 0 Å². The van der Waals surface area contributed by atoms with Gasteiger partial charge in [-0.05, 0) is 12.8 Å². The zero-order chi connectivity index (χ0) is 44.3. The van der Waals surface area contributed by atoms with Gasteiger partial charge >= 0.3 is 19.8 Å². The van der Waals surface area contributed by atoms with Crippen LogP contribution in [0, 0.1) is 0 Å². The van der Waals surface area contributed by atoms with Crippen molar-refractivity contribution in [2.75, 3.05) is 47.5 Å². The van der Waals surface area contributed by atoms with Crippen LogP contribution in [0.15, 0.2) is 0 Å². The molecule has 0 saturated carbocycles. The van der Waals surface area contributed by atoms with Crippen LogP contribution in [0.4, 0.5) is 0 Å². The quantitative estimate of drug-likeness (QED) is 0.0279. The lowest BCUT2D eigenvalue weighted by Crippen LogP contribution is -2.37. The van der Waals surface area contributed by atoms with E-state index in [1.54, 1.807) is 0 Å². The van der Waals surface area contributed by atoms with Gasteiger partial charge in [-0.3, -0.25) is 18.6 Å². The number of phosphoric acid groups is 1. The molecule has 1 N–H and O–H groups in total. The fourth-order valence-corrected chi connectivity index (χ4v) is 8.35. The molecular formula is C50H101NO8P+. The van der Waals surface area contributed by atoms with Crippen LogP contribution in [0.25, 0.3) is 0 Å². The van der Waals surface area contributed by atoms with Gasteiger partial charge in [0.05, 0.1) is 27.7 Å². The molecule has 0 rings (SSSR count). The van der Waals surface area contributed by atoms with Crippen LogP contribution in [-0.2, 0) is 32.7 Å². The first-order valence-corrected chi connectivity index (χ1v) is 27.3. The Kier molecular flexibility index (Phi) is 42.6. The van der Waals surface area contributed by atoms with Crippen molar-refractivity contribution in [3.05, 3.63) is 0 Å². The second-order valence-electron chi connectivity index (χ2n) is 18.9. The lowest BCUT2D eigenvalue weighted by molar-refractivity contribution is -0.870. The monoisotopic (exact) mass is 875 g/mol. The molecule has 0 aliphatic carbocycles. The molecule has 0 bridgehead atoms. The van der Waals surface area contributed by atoms with Crippen molar-refractivity contribution in [1.82, 2.24) is 0 Å². The largest absolute Gasteiger partial charge is 0.472 e. The van der Waals surface area contributed by atoms with E-state index in [1.165, 1.54) is 193 Å². The van der Waals surface area contributed by atoms with E-state index < -0.39 is 26.5 Å². The number of phosphoric ester groups is 1. The smallest absolute Gasteiger partial charge is 0.462 e. The van der Waals surface area contributed by atoms with E-state index in [4.69, 9.17) is 18.5 Å². The Labute approximate surface area is 372 Å². The Bertz CT molecular complexity index is 990. The molecule has 1 unspecified atom stereocenters. The summed E-state index contributed by atoms with van der Waals surface area (Å²) in [6.07, 6.45) is 45.8. The SMILES string of the molecule is CCCCCCCCCCCCCCCCCCCCC(=O)OC[C@H](COP(=O)(O)OCC[N+](C)(C)C)OC(=O)CCCCCCCCCCCCCCCCCCCC. The summed E-state index contributed by atoms with van der Waals surface area (Å²) in [6, 6.07) is 0. The van der Waals surface area contributed by atoms with E-state index in [0.29, 0.717) is 17.4 Å². The molecular weight excluding hydrogens is 774 g/mol. The summed E-state index contributed by atoms with van der Waals surface area (Å²) in [5.74, 6) is -0.777. The first kappa shape index (κ1) is 59.0. The average molecular weight is 875 g/mol. The fraction of sp³-hybridized carbons (Fsp3) is 0.960. The van der Waals surface area contributed by atoms with Crippen LogP contribution >= 0.6 is 7.82 Å². The number of esters is 2. The topological polar surface area (TPSA) is 108 Å². The van der Waals surface area contributed by atoms with Gasteiger partial charge in [-0.1, -0.05) is 232 Å². The standard InChI is InChI=1S/C50H100NO8P/c1-6-8-10-12-14-16-18-20-22-24-26-28-30-32-34-36-38-40-42-49(52)56-46-48(47-58-60(54,55)57-45-44-51(3,4)5)59-50(53)43-41-39-37-35-33-31-29-27-25-23-21-19-17-15-13-11-9-7-2/h48H,6-47H2,1-5H3/p+1/t48-/m1/s1. The minimum absolute atomic E-state index is 0.0372. The van der Waals surface area contributed by atoms with Gasteiger partial charge in [-0.15, -0.1) is 0 Å². The Morgan fingerprint density at radius 1 is 0.450 bits per heavy atom. The molecule has 0 aromatic rings. The molecule has 0 aromatic heterocycles. The average Bonchev–Trinajstić information content (AvgIpc) is 3.20. The summed E-state index contributed by atoms with van der Waals surface area (Å²) < 4.78 is 34.5. The number of rotatable bonds is 48. The third-order valence-electron chi connectivity index (χ3n) is 11.6. The van der Waals surface area contributed by atoms with Crippen LogP contribution in [-0.4, -0.2) is 74.9 Å². The van der Waals surface area contributed by atoms with E-state index in [2.05, 4.69) is 13.8 Å². The maximum absolute atomic E-state index is 12.7. The third kappa shape index (κ3) is 46.5. The van der Waals surface area contributed by atoms with E-state index in [0.717, 1.165) is 38.5 Å². The molecule has 0 fully saturated rings. The normalized spacial score (nSPS) is 13.4. The number of nitrogens with zero attached hydrogens (tertiary/aromatic N) is 1. The predicted molar refractivity (Wildman–Crippen MR) is 252 cm³/mol. The van der Waals surface area contributed by atoms with Crippen LogP contribution in [0.1, 0.15) is 258 Å². The minimum atomic E-state index is -4.37. The van der Waals surface area contributed by atoms with Crippen molar-refractivity contribution in [2.45, 2.75) is 264 Å². The highest BCUT2D eigenvalue weighted by atomic mass is 31.2. The van der Waals surface area contributed by atoms with E-state index in [1.807, 2.05) is 21.1 Å². The lowest BCUT2D eigenvalue weighted by atomic mass is 10.0. The second kappa shape index (κ2) is 43.3. The number of likely N-dealkylation sites (N-methyl/N-ethyl adjacent to an activating group) is 1. The molecule has 358 valence electrons. The number of ether oxygens (including phenoxy) is 2. The molecule has 0 saturated heterocycles. The maximum atomic E-state index is 12.7. The van der Waals surface area contributed by atoms with Gasteiger partial charge in [-0.2, -0.15) is 0 Å². The Morgan fingerprint density at radius 2 is 0.750 bits per heavy atom. The second-order valence-corrected chi connectivity index (χ2v) is 20.4. The molecule has 9 nitrogen and oxygen atoms in total. The molecule has 0 heterocycles. The Hall–Kier alpha value is -0.990. The van der Waals surface area contributed by atoms with Gasteiger partial charge in [0.25, 0.3) is 0 Å². The van der Waals surface area contributed by atoms with E-state index >= 15 is 0 Å². The lowest BCUT2D eigenvalue weighted by Gasteiger charge is -2.24. The minimum Gasteiger partial charge on any atom is -0.462 e. The first-order valence-electron chi connectivity index (χ1n) is 25.8. The summed E-state index contributed by atoms with van der Waals surface area (Å²) in [7, 11) is 1.50. The van der Waals surface area contributed by atoms with Crippen LogP contribution in [0.2, 0.25) is 0 Å². The van der Waals surface area contributed by atoms with E-state index in [-0.39, 0.29) is 25.6 Å². The van der Waals surface area contributed by atoms with Gasteiger partial charge in [-0.25, -0.2) is 4.57 Å². The first-order chi connectivity index (χ1) is 29.0. The van der Waals surface area contributed by atoms with Gasteiger partial charge in [0.1, 0.15) is 19.8 Å². The highest BCUT2D eigenvalue weighted by molar-refractivity contribution is 7.47. The molecule has 0 spiro atoms. The molecule has 0 aromatic carbocycles. The highest BCUT2D eigenvalue weighted by Crippen LogP contribution is 2.43. The molecule has 60 heavy (non-hydrogen) atoms. The van der Waals surface area contributed by atoms with Crippen molar-refractivity contribution in [3.8, 4) is 0 Å². The number of carbonyl (C=O) groups is 2. The third-order valence-corrected chi connectivity index (χ3v) is 12.6. The summed E-state index contributed by atoms with van der Waals surface area (Å²) in [4.78, 5) is 35.5. The van der Waals surface area contributed by atoms with E-state index in [9.17, 15) is 19.0 Å². The fourth-order valence-electron chi connectivity index (χ4n) is 7.61. The van der Waals surface area contributed by atoms with Crippen molar-refractivity contribution < 1.29 is 42.1 Å². The van der Waals surface area contributed by atoms with Gasteiger partial charge in [0.15, 0.2) is 6.10 Å². The summed E-state index contributed by atoms with van der Waals surface area (Å²) in [6.45, 7) is 4.49. The Balaban J connectivity index is 4.20. The van der Waals surface area contributed by atoms with Gasteiger partial charge < -0.3 is 18.9 Å². The number of hydrogen-bond acceptors (Lipinski definition) is 7. The summed E-state index contributed by atoms with van der Waals surface area (Å²) in [5, 5.41) is 0. The molecule has 0 aliphatic heterocycles. The number of carbonyl (C=O) groups excluding carboxylic acids is 2. The summed E-state index contributed by atoms with van der Waals surface area (Å²) in [5.41, 5.74) is 0. The molecule has 0 aliphatic rings. The van der Waals surface area contributed by atoms with Crippen LogP contribution in [0.5, 0.6) is 0 Å². The highest BCUT2D eigenvalue weighted by Gasteiger charge is 2.27. The van der Waals surface area contributed by atoms with Crippen molar-refractivity contribution in [2.24, 2.45) is 0 Å². The van der Waals surface area contributed by atoms with Gasteiger partial charge in [0.2, 0.25) is 0 Å². The van der Waals surface area contributed by atoms with Crippen molar-refractivity contribution >= 4 is 19.8 Å². The summed E-state index contributed by atoms with van der Waals surface area (Å²) >= 11 is 0. The molecule has 2 atom stereocenters. The predicted octanol–water partition coefficient (Wildman–Crippen LogP) is 15.1. The van der Waals surface area contributed by atoms with Crippen LogP contribution < -0.4 is 0 Å². The maximum Gasteiger partial charge on any atom is 0.472 e. The number of unbranched alkanes of at least 4 members (excludes halogenated alkanes) is 34.